The SMILES string of the molecule is CSCC[C@H](NC(=O)[C@H](C)N)C(=O)N[C@@H](C)C(=O)NCC(=O)N[C@H](C(=O)N[C@H](C(=O)N[C@@H](CO)C(=O)N[C@@H](CC(=O)O)C(=O)N1CCC[C@H]1C(=O)N[C@@H](CO)C(=O)N[C@H](C(=O)N[C@H](C(=O)O)C(C)C)[C@@H](C)O)[C@@H](C)O)[C@@H](C)O. The van der Waals surface area contributed by atoms with Crippen molar-refractivity contribution < 1.29 is 98.1 Å². The molecule has 1 rings (SSSR count). The second-order valence-corrected chi connectivity index (χ2v) is 19.7. The molecule has 1 fully saturated rings. The molecule has 1 aliphatic rings. The zero-order valence-electron chi connectivity index (χ0n) is 44.4. The average Bonchev–Trinajstić information content (AvgIpc) is 3.85. The van der Waals surface area contributed by atoms with E-state index in [0.717, 1.165) is 25.7 Å². The van der Waals surface area contributed by atoms with Gasteiger partial charge in [-0.15, -0.1) is 0 Å². The van der Waals surface area contributed by atoms with Gasteiger partial charge in [-0.05, 0) is 71.8 Å². The van der Waals surface area contributed by atoms with Gasteiger partial charge >= 0.3 is 11.9 Å². The van der Waals surface area contributed by atoms with Gasteiger partial charge in [0.1, 0.15) is 60.4 Å². The minimum Gasteiger partial charge on any atom is -0.481 e. The first-order valence-electron chi connectivity index (χ1n) is 24.6. The van der Waals surface area contributed by atoms with Crippen LogP contribution in [0.3, 0.4) is 0 Å². The van der Waals surface area contributed by atoms with Crippen LogP contribution in [-0.2, 0) is 62.3 Å². The fourth-order valence-electron chi connectivity index (χ4n) is 7.27. The van der Waals surface area contributed by atoms with Gasteiger partial charge < -0.3 is 99.5 Å². The Morgan fingerprint density at radius 2 is 1.01 bits per heavy atom. The van der Waals surface area contributed by atoms with E-state index in [1.165, 1.54) is 39.5 Å². The quantitative estimate of drug-likeness (QED) is 0.0290. The molecule has 19 N–H and O–H groups in total. The molecule has 78 heavy (non-hydrogen) atoms. The molecule has 0 aromatic heterocycles. The lowest BCUT2D eigenvalue weighted by Gasteiger charge is -2.30. The minimum atomic E-state index is -2.02. The standard InChI is InChI=1S/C45H76N12O20S/c1-18(2)31(45(76)77)54-43(74)34(23(7)62)55-39(70)27(17-59)51-40(71)28-10-9-12-57(28)44(75)25(14-30(64)65)50-38(69)26(16-58)52-41(72)33(22(6)61)56-42(73)32(21(5)60)53-29(63)15-47-36(67)20(4)48-37(68)24(11-13-78-8)49-35(66)19(3)46/h18-28,31-34,58-62H,9-17,46H2,1-8H3,(H,47,67)(H,48,68)(H,49,66)(H,50,69)(H,51,71)(H,52,72)(H,53,63)(H,54,74)(H,55,70)(H,56,73)(H,64,65)(H,76,77)/t19-,20-,21+,22+,23+,24-,25-,26-,27-,28-,31-,32-,33-,34-/m0/s1. The van der Waals surface area contributed by atoms with Crippen molar-refractivity contribution in [2.75, 3.05) is 38.3 Å². The number of carbonyl (C=O) groups is 13. The molecular formula is C45H76N12O20S. The number of aliphatic carboxylic acids is 2. The molecule has 442 valence electrons. The number of nitrogens with zero attached hydrogens (tertiary/aromatic N) is 1. The fourth-order valence-corrected chi connectivity index (χ4v) is 7.74. The summed E-state index contributed by atoms with van der Waals surface area (Å²) < 4.78 is 0. The van der Waals surface area contributed by atoms with Crippen LogP contribution >= 0.6 is 11.8 Å². The molecule has 0 aromatic rings. The van der Waals surface area contributed by atoms with Gasteiger partial charge in [-0.3, -0.25) is 57.5 Å². The van der Waals surface area contributed by atoms with Gasteiger partial charge in [-0.1, -0.05) is 13.8 Å². The smallest absolute Gasteiger partial charge is 0.326 e. The molecule has 14 atom stereocenters. The molecule has 1 heterocycles. The topological polar surface area (TPSA) is 513 Å². The Morgan fingerprint density at radius 3 is 1.49 bits per heavy atom. The Bertz CT molecular complexity index is 2150. The molecule has 0 unspecified atom stereocenters. The molecule has 33 heteroatoms. The number of aliphatic hydroxyl groups is 5. The van der Waals surface area contributed by atoms with Crippen molar-refractivity contribution in [1.29, 1.82) is 0 Å². The van der Waals surface area contributed by atoms with Crippen LogP contribution in [-0.4, -0.2) is 241 Å². The summed E-state index contributed by atoms with van der Waals surface area (Å²) in [6.45, 7) is 5.51. The van der Waals surface area contributed by atoms with E-state index < -0.39 is 194 Å². The van der Waals surface area contributed by atoms with Gasteiger partial charge in [0.15, 0.2) is 0 Å². The molecule has 0 radical (unpaired) electrons. The Labute approximate surface area is 452 Å². The van der Waals surface area contributed by atoms with Gasteiger partial charge in [0.05, 0.1) is 50.5 Å². The molecular weight excluding hydrogens is 1060 g/mol. The number of rotatable bonds is 33. The fraction of sp³-hybridized carbons (Fsp3) is 0.711. The Kier molecular flexibility index (Phi) is 29.7. The molecule has 11 amide bonds. The number of carbonyl (C=O) groups excluding carboxylic acids is 11. The highest BCUT2D eigenvalue weighted by Crippen LogP contribution is 2.20. The zero-order chi connectivity index (χ0) is 59.9. The van der Waals surface area contributed by atoms with E-state index in [9.17, 15) is 98.1 Å². The Hall–Kier alpha value is -6.78. The van der Waals surface area contributed by atoms with Gasteiger partial charge in [0.25, 0.3) is 0 Å². The number of nitrogens with two attached hydrogens (primary N) is 1. The molecule has 0 aliphatic carbocycles. The highest BCUT2D eigenvalue weighted by molar-refractivity contribution is 7.98. The number of hydrogen-bond donors (Lipinski definition) is 18. The van der Waals surface area contributed by atoms with Crippen LogP contribution in [0, 0.1) is 5.92 Å². The highest BCUT2D eigenvalue weighted by atomic mass is 32.2. The average molecular weight is 1140 g/mol. The van der Waals surface area contributed by atoms with Crippen molar-refractivity contribution in [3.05, 3.63) is 0 Å². The van der Waals surface area contributed by atoms with Crippen molar-refractivity contribution in [3.8, 4) is 0 Å². The van der Waals surface area contributed by atoms with Gasteiger partial charge in [-0.2, -0.15) is 11.8 Å². The Balaban J connectivity index is 3.11. The number of likely N-dealkylation sites (tertiary alicyclic amines) is 1. The second-order valence-electron chi connectivity index (χ2n) is 18.7. The molecule has 32 nitrogen and oxygen atoms in total. The molecule has 1 saturated heterocycles. The zero-order valence-corrected chi connectivity index (χ0v) is 45.2. The van der Waals surface area contributed by atoms with Gasteiger partial charge in [0, 0.05) is 6.54 Å². The minimum absolute atomic E-state index is 0.0906. The summed E-state index contributed by atoms with van der Waals surface area (Å²) in [7, 11) is 0. The van der Waals surface area contributed by atoms with E-state index in [4.69, 9.17) is 5.73 Å². The van der Waals surface area contributed by atoms with E-state index in [1.807, 2.05) is 5.32 Å². The van der Waals surface area contributed by atoms with Crippen molar-refractivity contribution >= 4 is 88.7 Å². The summed E-state index contributed by atoms with van der Waals surface area (Å²) in [5.74, 6) is -15.0. The number of hydrogen-bond acceptors (Lipinski definition) is 20. The molecule has 0 aromatic carbocycles. The summed E-state index contributed by atoms with van der Waals surface area (Å²) in [5, 5.41) is 92.4. The number of nitrogens with one attached hydrogen (secondary N) is 10. The predicted octanol–water partition coefficient (Wildman–Crippen LogP) is -9.08. The summed E-state index contributed by atoms with van der Waals surface area (Å²) in [4.78, 5) is 169. The van der Waals surface area contributed by atoms with Gasteiger partial charge in [-0.25, -0.2) is 4.79 Å². The molecule has 1 aliphatic heterocycles. The lowest BCUT2D eigenvalue weighted by atomic mass is 10.0. The summed E-state index contributed by atoms with van der Waals surface area (Å²) >= 11 is 1.40. The van der Waals surface area contributed by atoms with Crippen LogP contribution in [0.25, 0.3) is 0 Å². The van der Waals surface area contributed by atoms with Crippen molar-refractivity contribution in [2.45, 2.75) is 159 Å². The van der Waals surface area contributed by atoms with Crippen LogP contribution in [0.5, 0.6) is 0 Å². The van der Waals surface area contributed by atoms with E-state index in [2.05, 4.69) is 47.9 Å². The number of thioether (sulfide) groups is 1. The number of amides is 11. The number of carboxylic acid groups (broad SMARTS) is 2. The third-order valence-corrected chi connectivity index (χ3v) is 12.4. The first kappa shape index (κ1) is 69.2. The van der Waals surface area contributed by atoms with Crippen LogP contribution in [0.15, 0.2) is 0 Å². The third-order valence-electron chi connectivity index (χ3n) is 11.7. The van der Waals surface area contributed by atoms with Crippen LogP contribution in [0.2, 0.25) is 0 Å². The van der Waals surface area contributed by atoms with E-state index in [-0.39, 0.29) is 25.8 Å². The summed E-state index contributed by atoms with van der Waals surface area (Å²) in [5.41, 5.74) is 5.58. The molecule has 0 spiro atoms. The van der Waals surface area contributed by atoms with Crippen LogP contribution in [0.4, 0.5) is 0 Å². The Morgan fingerprint density at radius 1 is 0.564 bits per heavy atom. The molecule has 0 bridgehead atoms. The van der Waals surface area contributed by atoms with E-state index in [0.29, 0.717) is 5.75 Å². The highest BCUT2D eigenvalue weighted by Gasteiger charge is 2.42. The maximum Gasteiger partial charge on any atom is 0.326 e. The predicted molar refractivity (Wildman–Crippen MR) is 271 cm³/mol. The lowest BCUT2D eigenvalue weighted by molar-refractivity contribution is -0.147. The van der Waals surface area contributed by atoms with Gasteiger partial charge in [0.2, 0.25) is 65.0 Å². The third kappa shape index (κ3) is 22.3. The largest absolute Gasteiger partial charge is 0.481 e. The second kappa shape index (κ2) is 33.5. The maximum atomic E-state index is 13.9. The van der Waals surface area contributed by atoms with Crippen molar-refractivity contribution in [2.24, 2.45) is 11.7 Å². The lowest BCUT2D eigenvalue weighted by Crippen LogP contribution is -2.63. The monoisotopic (exact) mass is 1140 g/mol. The van der Waals surface area contributed by atoms with Crippen molar-refractivity contribution in [3.63, 3.8) is 0 Å². The van der Waals surface area contributed by atoms with Crippen molar-refractivity contribution in [1.82, 2.24) is 58.1 Å². The maximum absolute atomic E-state index is 13.9. The van der Waals surface area contributed by atoms with E-state index >= 15 is 0 Å². The summed E-state index contributed by atoms with van der Waals surface area (Å²) in [6, 6.07) is -17.5. The number of aliphatic hydroxyl groups excluding tert-OH is 5. The van der Waals surface area contributed by atoms with Crippen LogP contribution in [0.1, 0.15) is 74.1 Å². The van der Waals surface area contributed by atoms with E-state index in [1.54, 1.807) is 6.26 Å². The molecule has 0 saturated carbocycles. The number of carboxylic acids is 2. The first-order valence-corrected chi connectivity index (χ1v) is 26.0. The first-order chi connectivity index (χ1) is 36.3. The summed E-state index contributed by atoms with van der Waals surface area (Å²) in [6.07, 6.45) is -4.21. The van der Waals surface area contributed by atoms with Crippen LogP contribution < -0.4 is 58.9 Å². The normalized spacial score (nSPS) is 18.1.